The predicted octanol–water partition coefficient (Wildman–Crippen LogP) is 5.69. The van der Waals surface area contributed by atoms with Crippen molar-refractivity contribution in [1.82, 2.24) is 5.01 Å². The van der Waals surface area contributed by atoms with Crippen LogP contribution >= 0.6 is 0 Å². The summed E-state index contributed by atoms with van der Waals surface area (Å²) in [5.74, 6) is -0.0318. The first-order valence-electron chi connectivity index (χ1n) is 9.54. The quantitative estimate of drug-likeness (QED) is 0.421. The van der Waals surface area contributed by atoms with Gasteiger partial charge >= 0.3 is 0 Å². The van der Waals surface area contributed by atoms with Crippen LogP contribution in [0, 0.1) is 0 Å². The number of hydrazone groups is 1. The van der Waals surface area contributed by atoms with E-state index in [0.717, 1.165) is 23.3 Å². The van der Waals surface area contributed by atoms with Crippen LogP contribution in [0.3, 0.4) is 0 Å². The maximum atomic E-state index is 12.2. The first-order valence-corrected chi connectivity index (χ1v) is 9.54. The van der Waals surface area contributed by atoms with Crippen LogP contribution in [0.15, 0.2) is 90.0 Å². The first-order chi connectivity index (χ1) is 13.7. The lowest BCUT2D eigenvalue weighted by Crippen LogP contribution is -2.24. The molecule has 1 atom stereocenters. The molecular weight excluding hydrogens is 344 g/mol. The molecule has 3 heteroatoms. The number of hydrogen-bond acceptors (Lipinski definition) is 2. The summed E-state index contributed by atoms with van der Waals surface area (Å²) in [6, 6.07) is 29.4. The molecule has 4 aromatic rings. The van der Waals surface area contributed by atoms with E-state index >= 15 is 0 Å². The number of rotatable bonds is 2. The third kappa shape index (κ3) is 2.85. The summed E-state index contributed by atoms with van der Waals surface area (Å²) < 4.78 is 0. The number of amides is 1. The molecule has 0 saturated carbocycles. The third-order valence-corrected chi connectivity index (χ3v) is 5.46. The normalized spacial score (nSPS) is 16.5. The van der Waals surface area contributed by atoms with E-state index in [0.29, 0.717) is 0 Å². The Hall–Kier alpha value is -3.46. The molecular formula is C25H20N2O. The highest BCUT2D eigenvalue weighted by Gasteiger charge is 2.31. The van der Waals surface area contributed by atoms with Crippen LogP contribution in [-0.2, 0) is 4.79 Å². The third-order valence-electron chi connectivity index (χ3n) is 5.46. The van der Waals surface area contributed by atoms with Crippen LogP contribution in [-0.4, -0.2) is 16.6 Å². The van der Waals surface area contributed by atoms with E-state index in [1.807, 2.05) is 18.2 Å². The molecule has 1 unspecified atom stereocenters. The molecule has 28 heavy (non-hydrogen) atoms. The minimum Gasteiger partial charge on any atom is -0.273 e. The Balaban J connectivity index is 1.56. The zero-order valence-corrected chi connectivity index (χ0v) is 15.7. The van der Waals surface area contributed by atoms with Gasteiger partial charge in [0.05, 0.1) is 11.8 Å². The molecule has 5 rings (SSSR count). The summed E-state index contributed by atoms with van der Waals surface area (Å²) in [6.07, 6.45) is 0.725. The summed E-state index contributed by atoms with van der Waals surface area (Å²) in [5, 5.41) is 11.2. The van der Waals surface area contributed by atoms with Gasteiger partial charge in [0, 0.05) is 13.3 Å². The molecule has 1 aliphatic heterocycles. The summed E-state index contributed by atoms with van der Waals surface area (Å²) in [6.45, 7) is 1.58. The molecule has 0 radical (unpaired) electrons. The smallest absolute Gasteiger partial charge is 0.240 e. The minimum absolute atomic E-state index is 0.0318. The molecule has 0 aromatic heterocycles. The van der Waals surface area contributed by atoms with Crippen molar-refractivity contribution in [1.29, 1.82) is 0 Å². The lowest BCUT2D eigenvalue weighted by molar-refractivity contribution is -0.130. The lowest BCUT2D eigenvalue weighted by Gasteiger charge is -2.20. The van der Waals surface area contributed by atoms with Gasteiger partial charge in [-0.2, -0.15) is 5.10 Å². The average molecular weight is 364 g/mol. The van der Waals surface area contributed by atoms with Crippen LogP contribution in [0.5, 0.6) is 0 Å². The van der Waals surface area contributed by atoms with Gasteiger partial charge < -0.3 is 0 Å². The monoisotopic (exact) mass is 364 g/mol. The SMILES string of the molecule is CC(=O)N1N=C(c2ccc3cc4ccccc4cc3c2)CC1c1ccccc1. The van der Waals surface area contributed by atoms with Crippen LogP contribution in [0.25, 0.3) is 21.5 Å². The van der Waals surface area contributed by atoms with E-state index < -0.39 is 0 Å². The van der Waals surface area contributed by atoms with Gasteiger partial charge in [-0.15, -0.1) is 0 Å². The van der Waals surface area contributed by atoms with Gasteiger partial charge in [0.1, 0.15) is 0 Å². The van der Waals surface area contributed by atoms with Crippen molar-refractivity contribution in [2.75, 3.05) is 0 Å². The Bertz CT molecular complexity index is 1230. The molecule has 4 aromatic carbocycles. The van der Waals surface area contributed by atoms with E-state index in [1.54, 1.807) is 11.9 Å². The Morgan fingerprint density at radius 3 is 2.18 bits per heavy atom. The van der Waals surface area contributed by atoms with Crippen molar-refractivity contribution < 1.29 is 4.79 Å². The van der Waals surface area contributed by atoms with Crippen LogP contribution < -0.4 is 0 Å². The van der Waals surface area contributed by atoms with Gasteiger partial charge in [-0.1, -0.05) is 66.7 Å². The summed E-state index contributed by atoms with van der Waals surface area (Å²) in [4.78, 5) is 12.2. The molecule has 0 N–H and O–H groups in total. The zero-order valence-electron chi connectivity index (χ0n) is 15.7. The number of carbonyl (C=O) groups excluding carboxylic acids is 1. The second-order valence-corrected chi connectivity index (χ2v) is 7.30. The number of benzene rings is 4. The Morgan fingerprint density at radius 2 is 1.46 bits per heavy atom. The lowest BCUT2D eigenvalue weighted by atomic mass is 9.96. The Labute approximate surface area is 163 Å². The van der Waals surface area contributed by atoms with Crippen molar-refractivity contribution in [2.45, 2.75) is 19.4 Å². The molecule has 0 saturated heterocycles. The van der Waals surface area contributed by atoms with Crippen LogP contribution in [0.2, 0.25) is 0 Å². The van der Waals surface area contributed by atoms with E-state index in [1.165, 1.54) is 21.5 Å². The van der Waals surface area contributed by atoms with Gasteiger partial charge in [0.25, 0.3) is 0 Å². The molecule has 3 nitrogen and oxygen atoms in total. The predicted molar refractivity (Wildman–Crippen MR) is 114 cm³/mol. The molecule has 0 spiro atoms. The van der Waals surface area contributed by atoms with Crippen molar-refractivity contribution in [3.8, 4) is 0 Å². The highest BCUT2D eigenvalue weighted by Crippen LogP contribution is 2.33. The van der Waals surface area contributed by atoms with E-state index in [2.05, 4.69) is 71.8 Å². The molecule has 0 aliphatic carbocycles. The van der Waals surface area contributed by atoms with E-state index in [4.69, 9.17) is 0 Å². The highest BCUT2D eigenvalue weighted by molar-refractivity contribution is 6.07. The highest BCUT2D eigenvalue weighted by atomic mass is 16.2. The minimum atomic E-state index is -0.0407. The summed E-state index contributed by atoms with van der Waals surface area (Å²) in [5.41, 5.74) is 3.15. The van der Waals surface area contributed by atoms with Crippen molar-refractivity contribution in [2.24, 2.45) is 5.10 Å². The van der Waals surface area contributed by atoms with Gasteiger partial charge in [-0.3, -0.25) is 4.79 Å². The summed E-state index contributed by atoms with van der Waals surface area (Å²) in [7, 11) is 0. The number of hydrogen-bond donors (Lipinski definition) is 0. The molecule has 1 amide bonds. The van der Waals surface area contributed by atoms with Crippen molar-refractivity contribution in [3.05, 3.63) is 96.1 Å². The van der Waals surface area contributed by atoms with E-state index in [-0.39, 0.29) is 11.9 Å². The fraction of sp³-hybridized carbons (Fsp3) is 0.120. The molecule has 136 valence electrons. The van der Waals surface area contributed by atoms with E-state index in [9.17, 15) is 4.79 Å². The number of nitrogens with zero attached hydrogens (tertiary/aromatic N) is 2. The molecule has 0 fully saturated rings. The van der Waals surface area contributed by atoms with Gasteiger partial charge in [-0.05, 0) is 50.9 Å². The second-order valence-electron chi connectivity index (χ2n) is 7.30. The largest absolute Gasteiger partial charge is 0.273 e. The Morgan fingerprint density at radius 1 is 0.821 bits per heavy atom. The Kier molecular flexibility index (Phi) is 3.94. The second kappa shape index (κ2) is 6.61. The van der Waals surface area contributed by atoms with Gasteiger partial charge in [-0.25, -0.2) is 5.01 Å². The summed E-state index contributed by atoms with van der Waals surface area (Å²) >= 11 is 0. The first kappa shape index (κ1) is 16.7. The number of carbonyl (C=O) groups is 1. The topological polar surface area (TPSA) is 32.7 Å². The standard InChI is InChI=1S/C25H20N2O/c1-17(28)27-25(18-7-3-2-4-8-18)16-24(26-27)22-12-11-21-13-19-9-5-6-10-20(19)14-23(21)15-22/h2-15,25H,16H2,1H3. The zero-order chi connectivity index (χ0) is 19.1. The molecule has 0 bridgehead atoms. The molecule has 1 aliphatic rings. The molecule has 1 heterocycles. The number of fused-ring (bicyclic) bond motifs is 2. The van der Waals surface area contributed by atoms with Crippen molar-refractivity contribution >= 4 is 33.2 Å². The average Bonchev–Trinajstić information content (AvgIpc) is 3.18. The van der Waals surface area contributed by atoms with Crippen LogP contribution in [0.4, 0.5) is 0 Å². The maximum absolute atomic E-state index is 12.2. The fourth-order valence-electron chi connectivity index (χ4n) is 4.03. The van der Waals surface area contributed by atoms with Gasteiger partial charge in [0.15, 0.2) is 0 Å². The fourth-order valence-corrected chi connectivity index (χ4v) is 4.03. The van der Waals surface area contributed by atoms with Crippen LogP contribution in [0.1, 0.15) is 30.5 Å². The maximum Gasteiger partial charge on any atom is 0.240 e. The van der Waals surface area contributed by atoms with Crippen molar-refractivity contribution in [3.63, 3.8) is 0 Å². The van der Waals surface area contributed by atoms with Gasteiger partial charge in [0.2, 0.25) is 5.91 Å².